The molecule has 0 spiro atoms. The van der Waals surface area contributed by atoms with Crippen molar-refractivity contribution in [2.75, 3.05) is 32.2 Å². The minimum atomic E-state index is -1.11. The molecule has 0 radical (unpaired) electrons. The van der Waals surface area contributed by atoms with Crippen molar-refractivity contribution in [3.05, 3.63) is 24.3 Å². The highest BCUT2D eigenvalue weighted by molar-refractivity contribution is 5.90. The second-order valence-electron chi connectivity index (χ2n) is 6.27. The van der Waals surface area contributed by atoms with E-state index in [0.29, 0.717) is 24.5 Å². The number of carboxylic acid groups (broad SMARTS) is 1. The average molecular weight is 424 g/mol. The topological polar surface area (TPSA) is 169 Å². The highest BCUT2D eigenvalue weighted by atomic mass is 16.5. The van der Waals surface area contributed by atoms with Crippen molar-refractivity contribution in [3.63, 3.8) is 0 Å². The highest BCUT2D eigenvalue weighted by Crippen LogP contribution is 2.18. The Bertz CT molecular complexity index is 727. The standard InChI is InChI=1S/C19H28N4O7/c1-29-11-9-21-19(28)18(23-16(25)8-7-15(20)24)22-13-4-2-5-14(12-13)30-10-3-6-17(26)27/h2,4-5,12,18,22H,3,6-11H2,1H3,(H2,20,24)(H,21,28)(H,23,25)(H,26,27). The highest BCUT2D eigenvalue weighted by Gasteiger charge is 2.20. The Balaban J connectivity index is 2.75. The van der Waals surface area contributed by atoms with E-state index in [0.717, 1.165) is 0 Å². The van der Waals surface area contributed by atoms with E-state index in [-0.39, 0.29) is 32.4 Å². The molecular weight excluding hydrogens is 396 g/mol. The molecule has 6 N–H and O–H groups in total. The molecule has 0 saturated heterocycles. The normalized spacial score (nSPS) is 11.2. The van der Waals surface area contributed by atoms with Gasteiger partial charge in [0.25, 0.3) is 5.91 Å². The summed E-state index contributed by atoms with van der Waals surface area (Å²) in [6, 6.07) is 6.66. The molecule has 11 heteroatoms. The average Bonchev–Trinajstić information content (AvgIpc) is 2.69. The number of benzene rings is 1. The van der Waals surface area contributed by atoms with Crippen LogP contribution >= 0.6 is 0 Å². The summed E-state index contributed by atoms with van der Waals surface area (Å²) in [5.74, 6) is -2.05. The molecule has 1 aromatic carbocycles. The maximum Gasteiger partial charge on any atom is 0.303 e. The lowest BCUT2D eigenvalue weighted by atomic mass is 10.2. The number of carbonyl (C=O) groups is 4. The van der Waals surface area contributed by atoms with Crippen LogP contribution in [0.2, 0.25) is 0 Å². The molecule has 0 saturated carbocycles. The van der Waals surface area contributed by atoms with E-state index in [4.69, 9.17) is 20.3 Å². The van der Waals surface area contributed by atoms with Crippen molar-refractivity contribution >= 4 is 29.4 Å². The number of hydrogen-bond donors (Lipinski definition) is 5. The molecule has 0 aliphatic rings. The number of aliphatic carboxylic acids is 1. The monoisotopic (exact) mass is 424 g/mol. The first-order chi connectivity index (χ1) is 14.3. The molecule has 0 bridgehead atoms. The predicted molar refractivity (Wildman–Crippen MR) is 108 cm³/mol. The molecule has 1 unspecified atom stereocenters. The van der Waals surface area contributed by atoms with Crippen molar-refractivity contribution in [1.29, 1.82) is 0 Å². The molecular formula is C19H28N4O7. The van der Waals surface area contributed by atoms with Gasteiger partial charge in [-0.1, -0.05) is 6.07 Å². The van der Waals surface area contributed by atoms with E-state index in [2.05, 4.69) is 16.0 Å². The number of anilines is 1. The van der Waals surface area contributed by atoms with Crippen LogP contribution in [0.4, 0.5) is 5.69 Å². The maximum absolute atomic E-state index is 12.4. The number of primary amides is 1. The van der Waals surface area contributed by atoms with Gasteiger partial charge in [0.05, 0.1) is 13.2 Å². The number of amides is 3. The number of methoxy groups -OCH3 is 1. The molecule has 1 rings (SSSR count). The lowest BCUT2D eigenvalue weighted by molar-refractivity contribution is -0.137. The van der Waals surface area contributed by atoms with Gasteiger partial charge in [-0.2, -0.15) is 0 Å². The quantitative estimate of drug-likeness (QED) is 0.191. The summed E-state index contributed by atoms with van der Waals surface area (Å²) >= 11 is 0. The van der Waals surface area contributed by atoms with E-state index in [1.165, 1.54) is 7.11 Å². The Morgan fingerprint density at radius 3 is 2.57 bits per heavy atom. The summed E-state index contributed by atoms with van der Waals surface area (Å²) < 4.78 is 10.4. The van der Waals surface area contributed by atoms with Gasteiger partial charge in [0.2, 0.25) is 11.8 Å². The van der Waals surface area contributed by atoms with Gasteiger partial charge in [-0.15, -0.1) is 0 Å². The van der Waals surface area contributed by atoms with E-state index in [9.17, 15) is 19.2 Å². The molecule has 0 aromatic heterocycles. The minimum Gasteiger partial charge on any atom is -0.494 e. The number of hydrogen-bond acceptors (Lipinski definition) is 7. The van der Waals surface area contributed by atoms with Crippen LogP contribution < -0.4 is 26.4 Å². The van der Waals surface area contributed by atoms with Gasteiger partial charge >= 0.3 is 5.97 Å². The van der Waals surface area contributed by atoms with Crippen molar-refractivity contribution in [2.24, 2.45) is 5.73 Å². The van der Waals surface area contributed by atoms with Gasteiger partial charge in [-0.05, 0) is 18.6 Å². The fourth-order valence-electron chi connectivity index (χ4n) is 2.27. The fraction of sp³-hybridized carbons (Fsp3) is 0.474. The number of rotatable bonds is 15. The molecule has 11 nitrogen and oxygen atoms in total. The first-order valence-electron chi connectivity index (χ1n) is 9.37. The lowest BCUT2D eigenvalue weighted by Crippen LogP contribution is -2.51. The summed E-state index contributed by atoms with van der Waals surface area (Å²) in [7, 11) is 1.50. The number of nitrogens with one attached hydrogen (secondary N) is 3. The van der Waals surface area contributed by atoms with Crippen molar-refractivity contribution in [2.45, 2.75) is 31.8 Å². The molecule has 1 aromatic rings. The van der Waals surface area contributed by atoms with E-state index >= 15 is 0 Å². The Morgan fingerprint density at radius 2 is 1.90 bits per heavy atom. The summed E-state index contributed by atoms with van der Waals surface area (Å²) in [5.41, 5.74) is 5.54. The van der Waals surface area contributed by atoms with Gasteiger partial charge in [0.15, 0.2) is 6.17 Å². The number of carboxylic acids is 1. The zero-order valence-corrected chi connectivity index (χ0v) is 16.8. The summed E-state index contributed by atoms with van der Waals surface area (Å²) in [6.45, 7) is 0.770. The van der Waals surface area contributed by atoms with Gasteiger partial charge in [0.1, 0.15) is 5.75 Å². The SMILES string of the molecule is COCCNC(=O)C(NC(=O)CCC(N)=O)Nc1cccc(OCCCC(=O)O)c1. The van der Waals surface area contributed by atoms with Crippen LogP contribution in [0.25, 0.3) is 0 Å². The van der Waals surface area contributed by atoms with Crippen LogP contribution in [0, 0.1) is 0 Å². The first kappa shape index (κ1) is 24.7. The summed E-state index contributed by atoms with van der Waals surface area (Å²) in [6.07, 6.45) is -1.04. The summed E-state index contributed by atoms with van der Waals surface area (Å²) in [4.78, 5) is 45.9. The fourth-order valence-corrected chi connectivity index (χ4v) is 2.27. The molecule has 0 fully saturated rings. The van der Waals surface area contributed by atoms with Crippen LogP contribution in [-0.2, 0) is 23.9 Å². The second kappa shape index (κ2) is 13.8. The molecule has 30 heavy (non-hydrogen) atoms. The van der Waals surface area contributed by atoms with Gasteiger partial charge < -0.3 is 36.3 Å². The zero-order chi connectivity index (χ0) is 22.4. The van der Waals surface area contributed by atoms with E-state index in [1.54, 1.807) is 24.3 Å². The van der Waals surface area contributed by atoms with E-state index < -0.39 is 29.9 Å². The Kier molecular flexibility index (Phi) is 11.3. The third-order valence-electron chi connectivity index (χ3n) is 3.72. The van der Waals surface area contributed by atoms with Gasteiger partial charge in [-0.3, -0.25) is 19.2 Å². The molecule has 166 valence electrons. The number of carbonyl (C=O) groups excluding carboxylic acids is 3. The molecule has 0 heterocycles. The number of ether oxygens (including phenoxy) is 2. The van der Waals surface area contributed by atoms with Crippen LogP contribution in [-0.4, -0.2) is 61.8 Å². The van der Waals surface area contributed by atoms with Crippen LogP contribution in [0.3, 0.4) is 0 Å². The Hall–Kier alpha value is -3.34. The molecule has 0 aliphatic carbocycles. The minimum absolute atomic E-state index is 0.000997. The molecule has 1 atom stereocenters. The van der Waals surface area contributed by atoms with Crippen molar-refractivity contribution in [3.8, 4) is 5.75 Å². The Morgan fingerprint density at radius 1 is 1.13 bits per heavy atom. The van der Waals surface area contributed by atoms with Crippen LogP contribution in [0.5, 0.6) is 5.75 Å². The van der Waals surface area contributed by atoms with E-state index in [1.807, 2.05) is 0 Å². The second-order valence-corrected chi connectivity index (χ2v) is 6.27. The maximum atomic E-state index is 12.4. The smallest absolute Gasteiger partial charge is 0.303 e. The van der Waals surface area contributed by atoms with Crippen molar-refractivity contribution in [1.82, 2.24) is 10.6 Å². The first-order valence-corrected chi connectivity index (χ1v) is 9.37. The molecule has 3 amide bonds. The lowest BCUT2D eigenvalue weighted by Gasteiger charge is -2.21. The van der Waals surface area contributed by atoms with Gasteiger partial charge in [0, 0.05) is 44.7 Å². The van der Waals surface area contributed by atoms with Crippen LogP contribution in [0.1, 0.15) is 25.7 Å². The Labute approximate surface area is 174 Å². The largest absolute Gasteiger partial charge is 0.494 e. The third kappa shape index (κ3) is 10.9. The summed E-state index contributed by atoms with van der Waals surface area (Å²) in [5, 5.41) is 16.7. The predicted octanol–water partition coefficient (Wildman–Crippen LogP) is -0.187. The third-order valence-corrected chi connectivity index (χ3v) is 3.72. The van der Waals surface area contributed by atoms with Crippen molar-refractivity contribution < 1.29 is 33.8 Å². The number of nitrogens with two attached hydrogens (primary N) is 1. The van der Waals surface area contributed by atoms with Gasteiger partial charge in [-0.25, -0.2) is 0 Å². The molecule has 0 aliphatic heterocycles. The van der Waals surface area contributed by atoms with Crippen LogP contribution in [0.15, 0.2) is 24.3 Å². The zero-order valence-electron chi connectivity index (χ0n) is 16.8.